The fourth-order valence-corrected chi connectivity index (χ4v) is 3.96. The predicted octanol–water partition coefficient (Wildman–Crippen LogP) is 2.17. The van der Waals surface area contributed by atoms with E-state index in [0.717, 1.165) is 55.8 Å². The van der Waals surface area contributed by atoms with Crippen LogP contribution in [-0.2, 0) is 13.0 Å². The van der Waals surface area contributed by atoms with Gasteiger partial charge in [-0.25, -0.2) is 4.98 Å². The van der Waals surface area contributed by atoms with Crippen LogP contribution in [0, 0.1) is 6.92 Å². The van der Waals surface area contributed by atoms with Gasteiger partial charge in [-0.15, -0.1) is 0 Å². The zero-order chi connectivity index (χ0) is 19.7. The van der Waals surface area contributed by atoms with Gasteiger partial charge in [0.2, 0.25) is 0 Å². The summed E-state index contributed by atoms with van der Waals surface area (Å²) in [5.74, 6) is 0.0354. The molecule has 4 rings (SSSR count). The van der Waals surface area contributed by atoms with Gasteiger partial charge in [0, 0.05) is 38.4 Å². The van der Waals surface area contributed by atoms with Gasteiger partial charge in [-0.05, 0) is 50.9 Å². The summed E-state index contributed by atoms with van der Waals surface area (Å²) in [5, 5.41) is 2.93. The maximum absolute atomic E-state index is 13.1. The van der Waals surface area contributed by atoms with Crippen LogP contribution in [0.15, 0.2) is 24.3 Å². The van der Waals surface area contributed by atoms with Crippen LogP contribution in [0.3, 0.4) is 0 Å². The standard InChI is InChI=1S/C21H27N5O2/c1-15-6-5-7-16(14-15)22-20(27)19-23-18(17-8-3-4-9-26(17)19)21(28)25-12-10-24(2)11-13-25/h5-7,14H,3-4,8-13H2,1-2H3,(H,22,27). The second kappa shape index (κ2) is 7.75. The van der Waals surface area contributed by atoms with Gasteiger partial charge >= 0.3 is 0 Å². The van der Waals surface area contributed by atoms with E-state index in [2.05, 4.69) is 22.2 Å². The molecule has 1 aromatic heterocycles. The van der Waals surface area contributed by atoms with E-state index in [-0.39, 0.29) is 11.8 Å². The Morgan fingerprint density at radius 1 is 1.07 bits per heavy atom. The zero-order valence-electron chi connectivity index (χ0n) is 16.6. The lowest BCUT2D eigenvalue weighted by atomic mass is 10.1. The van der Waals surface area contributed by atoms with Crippen molar-refractivity contribution < 1.29 is 9.59 Å². The number of anilines is 1. The van der Waals surface area contributed by atoms with Crippen molar-refractivity contribution in [2.75, 3.05) is 38.5 Å². The molecule has 1 saturated heterocycles. The van der Waals surface area contributed by atoms with Gasteiger partial charge in [-0.1, -0.05) is 12.1 Å². The van der Waals surface area contributed by atoms with E-state index in [1.165, 1.54) is 0 Å². The molecule has 0 aliphatic carbocycles. The van der Waals surface area contributed by atoms with Gasteiger partial charge in [0.05, 0.1) is 5.69 Å². The number of aromatic nitrogens is 2. The molecule has 7 heteroatoms. The zero-order valence-corrected chi connectivity index (χ0v) is 16.6. The van der Waals surface area contributed by atoms with Crippen molar-refractivity contribution in [1.82, 2.24) is 19.4 Å². The maximum Gasteiger partial charge on any atom is 0.291 e. The number of nitrogens with one attached hydrogen (secondary N) is 1. The lowest BCUT2D eigenvalue weighted by Crippen LogP contribution is -2.47. The van der Waals surface area contributed by atoms with Crippen LogP contribution in [-0.4, -0.2) is 64.4 Å². The van der Waals surface area contributed by atoms with Crippen LogP contribution in [0.2, 0.25) is 0 Å². The molecule has 0 spiro atoms. The summed E-state index contributed by atoms with van der Waals surface area (Å²) < 4.78 is 1.94. The number of amides is 2. The molecule has 1 fully saturated rings. The van der Waals surface area contributed by atoms with Crippen molar-refractivity contribution >= 4 is 17.5 Å². The summed E-state index contributed by atoms with van der Waals surface area (Å²) in [6.45, 7) is 5.85. The first-order valence-corrected chi connectivity index (χ1v) is 9.98. The molecule has 3 heterocycles. The SMILES string of the molecule is Cc1cccc(NC(=O)c2nc(C(=O)N3CCN(C)CC3)c3n2CCCC3)c1. The Balaban J connectivity index is 1.61. The van der Waals surface area contributed by atoms with Gasteiger partial charge in [0.1, 0.15) is 5.69 Å². The van der Waals surface area contributed by atoms with E-state index >= 15 is 0 Å². The van der Waals surface area contributed by atoms with Gasteiger partial charge in [0.15, 0.2) is 5.82 Å². The highest BCUT2D eigenvalue weighted by molar-refractivity contribution is 6.03. The molecule has 0 radical (unpaired) electrons. The molecule has 7 nitrogen and oxygen atoms in total. The summed E-state index contributed by atoms with van der Waals surface area (Å²) in [5.41, 5.74) is 3.18. The number of imidazole rings is 1. The van der Waals surface area contributed by atoms with E-state index in [4.69, 9.17) is 0 Å². The Labute approximate surface area is 165 Å². The third-order valence-corrected chi connectivity index (χ3v) is 5.59. The van der Waals surface area contributed by atoms with Gasteiger partial charge in [-0.2, -0.15) is 0 Å². The third-order valence-electron chi connectivity index (χ3n) is 5.59. The fraction of sp³-hybridized carbons (Fsp3) is 0.476. The van der Waals surface area contributed by atoms with Crippen LogP contribution < -0.4 is 5.32 Å². The van der Waals surface area contributed by atoms with Crippen molar-refractivity contribution in [3.8, 4) is 0 Å². The molecule has 2 aliphatic rings. The highest BCUT2D eigenvalue weighted by Crippen LogP contribution is 2.23. The summed E-state index contributed by atoms with van der Waals surface area (Å²) in [7, 11) is 2.06. The van der Waals surface area contributed by atoms with Crippen LogP contribution in [0.5, 0.6) is 0 Å². The number of aryl methyl sites for hydroxylation is 1. The summed E-state index contributed by atoms with van der Waals surface area (Å²) in [6.07, 6.45) is 2.81. The van der Waals surface area contributed by atoms with Crippen molar-refractivity contribution in [3.05, 3.63) is 47.0 Å². The first-order chi connectivity index (χ1) is 13.5. The summed E-state index contributed by atoms with van der Waals surface area (Å²) in [6, 6.07) is 7.68. The Bertz CT molecular complexity index is 896. The molecule has 2 aromatic rings. The molecule has 0 bridgehead atoms. The van der Waals surface area contributed by atoms with E-state index in [1.807, 2.05) is 40.7 Å². The number of hydrogen-bond acceptors (Lipinski definition) is 4. The lowest BCUT2D eigenvalue weighted by Gasteiger charge is -2.32. The lowest BCUT2D eigenvalue weighted by molar-refractivity contribution is 0.0657. The second-order valence-corrected chi connectivity index (χ2v) is 7.76. The number of carbonyl (C=O) groups is 2. The molecular formula is C21H27N5O2. The van der Waals surface area contributed by atoms with Gasteiger partial charge in [0.25, 0.3) is 11.8 Å². The van der Waals surface area contributed by atoms with E-state index in [1.54, 1.807) is 0 Å². The highest BCUT2D eigenvalue weighted by atomic mass is 16.2. The molecule has 0 unspecified atom stereocenters. The summed E-state index contributed by atoms with van der Waals surface area (Å²) >= 11 is 0. The Kier molecular flexibility index (Phi) is 5.17. The van der Waals surface area contributed by atoms with E-state index in [9.17, 15) is 9.59 Å². The Hall–Kier alpha value is -2.67. The molecule has 0 saturated carbocycles. The number of rotatable bonds is 3. The fourth-order valence-electron chi connectivity index (χ4n) is 3.96. The minimum absolute atomic E-state index is 0.0478. The number of nitrogens with zero attached hydrogens (tertiary/aromatic N) is 4. The highest BCUT2D eigenvalue weighted by Gasteiger charge is 2.30. The monoisotopic (exact) mass is 381 g/mol. The normalized spacial score (nSPS) is 17.3. The Morgan fingerprint density at radius 3 is 2.61 bits per heavy atom. The topological polar surface area (TPSA) is 70.5 Å². The summed E-state index contributed by atoms with van der Waals surface area (Å²) in [4.78, 5) is 34.7. The Morgan fingerprint density at radius 2 is 1.86 bits per heavy atom. The van der Waals surface area contributed by atoms with Crippen molar-refractivity contribution in [1.29, 1.82) is 0 Å². The van der Waals surface area contributed by atoms with E-state index < -0.39 is 0 Å². The maximum atomic E-state index is 13.1. The van der Waals surface area contributed by atoms with Crippen molar-refractivity contribution in [3.63, 3.8) is 0 Å². The molecule has 1 aromatic carbocycles. The minimum Gasteiger partial charge on any atom is -0.335 e. The van der Waals surface area contributed by atoms with Gasteiger partial charge < -0.3 is 19.7 Å². The quantitative estimate of drug-likeness (QED) is 0.885. The van der Waals surface area contributed by atoms with Crippen LogP contribution >= 0.6 is 0 Å². The number of carbonyl (C=O) groups excluding carboxylic acids is 2. The number of hydrogen-bond donors (Lipinski definition) is 1. The molecular weight excluding hydrogens is 354 g/mol. The molecule has 2 amide bonds. The first-order valence-electron chi connectivity index (χ1n) is 9.98. The average Bonchev–Trinajstić information content (AvgIpc) is 3.08. The number of benzene rings is 1. The van der Waals surface area contributed by atoms with Crippen LogP contribution in [0.25, 0.3) is 0 Å². The number of likely N-dealkylation sites (N-methyl/N-ethyl adjacent to an activating group) is 1. The van der Waals surface area contributed by atoms with Crippen LogP contribution in [0.1, 0.15) is 45.2 Å². The minimum atomic E-state index is -0.258. The van der Waals surface area contributed by atoms with E-state index in [0.29, 0.717) is 24.6 Å². The number of fused-ring (bicyclic) bond motifs is 1. The molecule has 0 atom stereocenters. The molecule has 148 valence electrons. The average molecular weight is 381 g/mol. The van der Waals surface area contributed by atoms with Crippen LogP contribution in [0.4, 0.5) is 5.69 Å². The molecule has 28 heavy (non-hydrogen) atoms. The second-order valence-electron chi connectivity index (χ2n) is 7.76. The van der Waals surface area contributed by atoms with Crippen molar-refractivity contribution in [2.45, 2.75) is 32.7 Å². The molecule has 1 N–H and O–H groups in total. The van der Waals surface area contributed by atoms with Crippen molar-refractivity contribution in [2.24, 2.45) is 0 Å². The molecule has 2 aliphatic heterocycles. The smallest absolute Gasteiger partial charge is 0.291 e. The van der Waals surface area contributed by atoms with Gasteiger partial charge in [-0.3, -0.25) is 9.59 Å². The predicted molar refractivity (Wildman–Crippen MR) is 108 cm³/mol. The largest absolute Gasteiger partial charge is 0.335 e. The third kappa shape index (κ3) is 3.67. The first kappa shape index (κ1) is 18.7. The number of piperazine rings is 1.